The molecule has 1 aliphatic heterocycles. The van der Waals surface area contributed by atoms with Gasteiger partial charge in [-0.15, -0.1) is 11.6 Å². The Kier molecular flexibility index (Phi) is 9.46. The number of hydrogen-bond donors (Lipinski definition) is 2. The molecule has 0 saturated carbocycles. The molecule has 2 heterocycles. The van der Waals surface area contributed by atoms with Crippen molar-refractivity contribution in [1.82, 2.24) is 15.1 Å². The number of aliphatic carboxylic acids is 1. The van der Waals surface area contributed by atoms with Crippen LogP contribution < -0.4 is 10.1 Å². The van der Waals surface area contributed by atoms with Gasteiger partial charge in [0.1, 0.15) is 5.75 Å². The fourth-order valence-corrected chi connectivity index (χ4v) is 6.46. The summed E-state index contributed by atoms with van der Waals surface area (Å²) in [5.74, 6) is -0.431. The number of halogens is 2. The number of ether oxygens (including phenoxy) is 1. The number of carbonyl (C=O) groups is 2. The van der Waals surface area contributed by atoms with Crippen molar-refractivity contribution in [2.45, 2.75) is 44.0 Å². The largest absolute Gasteiger partial charge is 0.497 e. The molecule has 218 valence electrons. The lowest BCUT2D eigenvalue weighted by atomic mass is 10.0. The minimum Gasteiger partial charge on any atom is -0.497 e. The number of nitrogens with zero attached hydrogens (tertiary/aromatic N) is 2. The van der Waals surface area contributed by atoms with Crippen molar-refractivity contribution in [3.63, 3.8) is 0 Å². The van der Waals surface area contributed by atoms with Crippen molar-refractivity contribution in [1.29, 1.82) is 0 Å². The lowest BCUT2D eigenvalue weighted by Crippen LogP contribution is -2.27. The fourth-order valence-electron chi connectivity index (χ4n) is 4.94. The third-order valence-electron chi connectivity index (χ3n) is 7.18. The Morgan fingerprint density at radius 3 is 2.76 bits per heavy atom. The van der Waals surface area contributed by atoms with Crippen LogP contribution in [0.25, 0.3) is 27.6 Å². The van der Waals surface area contributed by atoms with Gasteiger partial charge in [0, 0.05) is 27.6 Å². The Morgan fingerprint density at radius 2 is 1.98 bits per heavy atom. The van der Waals surface area contributed by atoms with Crippen LogP contribution in [0.2, 0.25) is 0 Å². The van der Waals surface area contributed by atoms with Crippen molar-refractivity contribution >= 4 is 63.2 Å². The van der Waals surface area contributed by atoms with Gasteiger partial charge >= 0.3 is 5.97 Å². The number of carboxylic acid groups (broad SMARTS) is 1. The zero-order chi connectivity index (χ0) is 29.8. The minimum atomic E-state index is -0.954. The van der Waals surface area contributed by atoms with Gasteiger partial charge in [-0.2, -0.15) is 5.10 Å². The summed E-state index contributed by atoms with van der Waals surface area (Å²) in [7, 11) is 1.66. The highest BCUT2D eigenvalue weighted by Gasteiger charge is 2.25. The van der Waals surface area contributed by atoms with E-state index in [1.807, 2.05) is 41.1 Å². The lowest BCUT2D eigenvalue weighted by Gasteiger charge is -2.22. The second-order valence-corrected chi connectivity index (χ2v) is 12.3. The summed E-state index contributed by atoms with van der Waals surface area (Å²) >= 11 is 14.4. The SMILES string of the molecule is COc1ccc2cc(-c3cc(C4=CC(Cl)CCC(Cl)=C4)nn3C(C)C3=CCC=C(C(=O)NCCC(=O)O)S3)ccc2c1. The zero-order valence-corrected chi connectivity index (χ0v) is 25.6. The first-order valence-corrected chi connectivity index (χ1v) is 15.3. The van der Waals surface area contributed by atoms with Crippen LogP contribution in [0.15, 0.2) is 81.6 Å². The molecule has 0 spiro atoms. The van der Waals surface area contributed by atoms with Gasteiger partial charge in [-0.3, -0.25) is 14.3 Å². The molecule has 1 aromatic heterocycles. The summed E-state index contributed by atoms with van der Waals surface area (Å²) in [6.45, 7) is 2.14. The molecule has 2 atom stereocenters. The van der Waals surface area contributed by atoms with Crippen molar-refractivity contribution in [2.75, 3.05) is 13.7 Å². The van der Waals surface area contributed by atoms with Crippen LogP contribution in [0.5, 0.6) is 5.75 Å². The number of carbonyl (C=O) groups excluding carboxylic acids is 1. The molecule has 0 fully saturated rings. The van der Waals surface area contributed by atoms with E-state index in [0.717, 1.165) is 55.4 Å². The normalized spacial score (nSPS) is 17.9. The maximum atomic E-state index is 12.8. The summed E-state index contributed by atoms with van der Waals surface area (Å²) in [4.78, 5) is 25.1. The standard InChI is InChI=1S/C32H31Cl2N3O4S/c1-19(29-4-3-5-30(42-29)32(40)35-13-12-31(38)39)37-28(18-27(36-37)23-15-24(33)9-10-25(34)16-23)22-7-6-21-17-26(41-2)11-8-20(21)14-22/h4-8,11,14-19,24H,3,9-10,12-13H2,1-2H3,(H,35,40)(H,38,39). The van der Waals surface area contributed by atoms with Crippen molar-refractivity contribution in [3.8, 4) is 17.0 Å². The molecule has 5 rings (SSSR count). The molecule has 7 nitrogen and oxygen atoms in total. The monoisotopic (exact) mass is 623 g/mol. The number of nitrogens with one attached hydrogen (secondary N) is 1. The number of allylic oxidation sites excluding steroid dienone is 7. The molecule has 2 aromatic carbocycles. The third-order valence-corrected chi connectivity index (χ3v) is 9.14. The highest BCUT2D eigenvalue weighted by molar-refractivity contribution is 8.07. The Morgan fingerprint density at radius 1 is 1.19 bits per heavy atom. The molecule has 0 radical (unpaired) electrons. The number of thioether (sulfide) groups is 1. The number of rotatable bonds is 9. The first-order chi connectivity index (χ1) is 20.2. The van der Waals surface area contributed by atoms with E-state index in [1.165, 1.54) is 11.8 Å². The molecule has 10 heteroatoms. The molecule has 3 aromatic rings. The molecule has 1 aliphatic carbocycles. The number of fused-ring (bicyclic) bond motifs is 1. The summed E-state index contributed by atoms with van der Waals surface area (Å²) in [6.07, 6.45) is 9.82. The van der Waals surface area contributed by atoms with Crippen LogP contribution in [-0.4, -0.2) is 45.8 Å². The van der Waals surface area contributed by atoms with Gasteiger partial charge in [0.2, 0.25) is 0 Å². The van der Waals surface area contributed by atoms with Crippen LogP contribution in [0.1, 0.15) is 44.3 Å². The second-order valence-electron chi connectivity index (χ2n) is 10.1. The van der Waals surface area contributed by atoms with E-state index in [9.17, 15) is 9.59 Å². The fraction of sp³-hybridized carbons (Fsp3) is 0.281. The van der Waals surface area contributed by atoms with Gasteiger partial charge in [0.25, 0.3) is 5.91 Å². The molecular formula is C32H31Cl2N3O4S. The van der Waals surface area contributed by atoms with Crippen LogP contribution in [0.4, 0.5) is 0 Å². The highest BCUT2D eigenvalue weighted by atomic mass is 35.5. The quantitative estimate of drug-likeness (QED) is 0.237. The summed E-state index contributed by atoms with van der Waals surface area (Å²) < 4.78 is 7.38. The number of aromatic nitrogens is 2. The Bertz CT molecular complexity index is 1660. The Balaban J connectivity index is 1.51. The van der Waals surface area contributed by atoms with Crippen LogP contribution >= 0.6 is 35.0 Å². The maximum absolute atomic E-state index is 12.8. The molecule has 1 amide bonds. The summed E-state index contributed by atoms with van der Waals surface area (Å²) in [6, 6.07) is 14.1. The van der Waals surface area contributed by atoms with Gasteiger partial charge in [-0.05, 0) is 67.3 Å². The van der Waals surface area contributed by atoms with Crippen molar-refractivity contribution in [3.05, 3.63) is 87.3 Å². The number of carboxylic acids is 1. The number of hydrogen-bond acceptors (Lipinski definition) is 5. The van der Waals surface area contributed by atoms with E-state index in [-0.39, 0.29) is 30.3 Å². The highest BCUT2D eigenvalue weighted by Crippen LogP contribution is 2.40. The van der Waals surface area contributed by atoms with E-state index in [0.29, 0.717) is 17.7 Å². The average Bonchev–Trinajstić information content (AvgIpc) is 3.36. The number of alkyl halides is 1. The second kappa shape index (κ2) is 13.2. The van der Waals surface area contributed by atoms with Gasteiger partial charge in [0.05, 0.1) is 41.2 Å². The number of amides is 1. The van der Waals surface area contributed by atoms with Crippen molar-refractivity contribution in [2.24, 2.45) is 0 Å². The Hall–Kier alpha value is -3.46. The van der Waals surface area contributed by atoms with E-state index >= 15 is 0 Å². The average molecular weight is 625 g/mol. The van der Waals surface area contributed by atoms with E-state index in [4.69, 9.17) is 38.1 Å². The number of benzene rings is 2. The topological polar surface area (TPSA) is 93.5 Å². The van der Waals surface area contributed by atoms with Crippen LogP contribution in [-0.2, 0) is 9.59 Å². The molecule has 2 aliphatic rings. The smallest absolute Gasteiger partial charge is 0.305 e. The molecule has 42 heavy (non-hydrogen) atoms. The molecule has 2 unspecified atom stereocenters. The lowest BCUT2D eigenvalue weighted by molar-refractivity contribution is -0.136. The van der Waals surface area contributed by atoms with E-state index in [2.05, 4.69) is 42.6 Å². The Labute approximate surface area is 258 Å². The van der Waals surface area contributed by atoms with E-state index < -0.39 is 5.97 Å². The third kappa shape index (κ3) is 6.94. The van der Waals surface area contributed by atoms with Gasteiger partial charge in [-0.1, -0.05) is 59.8 Å². The van der Waals surface area contributed by atoms with Crippen LogP contribution in [0, 0.1) is 0 Å². The predicted molar refractivity (Wildman–Crippen MR) is 171 cm³/mol. The molecular weight excluding hydrogens is 593 g/mol. The zero-order valence-electron chi connectivity index (χ0n) is 23.3. The molecule has 2 N–H and O–H groups in total. The van der Waals surface area contributed by atoms with Crippen LogP contribution in [0.3, 0.4) is 0 Å². The maximum Gasteiger partial charge on any atom is 0.305 e. The van der Waals surface area contributed by atoms with Gasteiger partial charge in [0.15, 0.2) is 0 Å². The van der Waals surface area contributed by atoms with Gasteiger partial charge in [-0.25, -0.2) is 0 Å². The first kappa shape index (κ1) is 30.0. The molecule has 0 saturated heterocycles. The van der Waals surface area contributed by atoms with Crippen molar-refractivity contribution < 1.29 is 19.4 Å². The summed E-state index contributed by atoms with van der Waals surface area (Å²) in [5, 5.41) is 19.4. The first-order valence-electron chi connectivity index (χ1n) is 13.7. The minimum absolute atomic E-state index is 0.0773. The number of methoxy groups -OCH3 is 1. The van der Waals surface area contributed by atoms with E-state index in [1.54, 1.807) is 7.11 Å². The summed E-state index contributed by atoms with van der Waals surface area (Å²) in [5.41, 5.74) is 3.55. The molecule has 0 bridgehead atoms. The predicted octanol–water partition coefficient (Wildman–Crippen LogP) is 7.68. The van der Waals surface area contributed by atoms with Gasteiger partial charge < -0.3 is 15.2 Å².